The van der Waals surface area contributed by atoms with Crippen LogP contribution in [0.25, 0.3) is 32.5 Å². The first-order chi connectivity index (χ1) is 16.1. The summed E-state index contributed by atoms with van der Waals surface area (Å²) >= 11 is 1.43. The van der Waals surface area contributed by atoms with Crippen LogP contribution in [0.5, 0.6) is 0 Å². The molecule has 5 aromatic rings. The highest BCUT2D eigenvalue weighted by Crippen LogP contribution is 2.33. The summed E-state index contributed by atoms with van der Waals surface area (Å²) in [4.78, 5) is 24.3. The minimum absolute atomic E-state index is 0.0251. The zero-order chi connectivity index (χ0) is 22.5. The number of hydrogen-bond acceptors (Lipinski definition) is 4. The zero-order valence-electron chi connectivity index (χ0n) is 17.9. The number of halogens is 1. The summed E-state index contributed by atoms with van der Waals surface area (Å²) < 4.78 is 15.1. The number of fused-ring (bicyclic) bond motifs is 2. The molecule has 8 heteroatoms. The summed E-state index contributed by atoms with van der Waals surface area (Å²) in [6.45, 7) is 3.16. The molecule has 1 amide bonds. The Morgan fingerprint density at radius 3 is 2.82 bits per heavy atom. The number of benzene rings is 1. The predicted octanol–water partition coefficient (Wildman–Crippen LogP) is 5.34. The molecule has 6 rings (SSSR count). The first-order valence-corrected chi connectivity index (χ1v) is 11.6. The molecule has 6 nitrogen and oxygen atoms in total. The molecule has 0 radical (unpaired) electrons. The second-order valence-corrected chi connectivity index (χ2v) is 9.17. The maximum absolute atomic E-state index is 13.3. The number of pyridine rings is 1. The Morgan fingerprint density at radius 2 is 2.03 bits per heavy atom. The Bertz CT molecular complexity index is 1540. The van der Waals surface area contributed by atoms with Crippen LogP contribution in [0.2, 0.25) is 0 Å². The number of nitrogens with zero attached hydrogens (tertiary/aromatic N) is 4. The molecule has 1 aliphatic heterocycles. The van der Waals surface area contributed by atoms with Gasteiger partial charge in [-0.3, -0.25) is 4.79 Å². The third-order valence-electron chi connectivity index (χ3n) is 6.12. The fourth-order valence-corrected chi connectivity index (χ4v) is 5.54. The van der Waals surface area contributed by atoms with E-state index in [1.165, 1.54) is 29.0 Å². The molecule has 4 aromatic heterocycles. The van der Waals surface area contributed by atoms with E-state index in [-0.39, 0.29) is 11.7 Å². The number of aryl methyl sites for hydroxylation is 1. The number of aromatic amines is 1. The molecule has 0 atom stereocenters. The van der Waals surface area contributed by atoms with Gasteiger partial charge in [0.25, 0.3) is 5.91 Å². The largest absolute Gasteiger partial charge is 0.346 e. The van der Waals surface area contributed by atoms with Crippen molar-refractivity contribution in [1.29, 1.82) is 0 Å². The van der Waals surface area contributed by atoms with Crippen molar-refractivity contribution in [3.05, 3.63) is 82.9 Å². The molecule has 0 bridgehead atoms. The number of thiophene rings is 1. The average Bonchev–Trinajstić information content (AvgIpc) is 3.54. The van der Waals surface area contributed by atoms with E-state index in [4.69, 9.17) is 0 Å². The van der Waals surface area contributed by atoms with Crippen molar-refractivity contribution in [1.82, 2.24) is 24.6 Å². The van der Waals surface area contributed by atoms with Gasteiger partial charge in [0, 0.05) is 41.8 Å². The van der Waals surface area contributed by atoms with E-state index in [1.807, 2.05) is 30.2 Å². The Kier molecular flexibility index (Phi) is 4.62. The SMILES string of the molecule is Cc1nn(-c2ccc(F)cc2)c2sc(C(=O)N3CC=C(c4c[nH]c5ncccc45)CC3)cc12. The standard InChI is InChI=1S/C25H20FN5OS/c1-15-20-13-22(33-25(20)31(29-15)18-6-4-17(26)5-7-18)24(32)30-11-8-16(9-12-30)21-14-28-23-19(21)3-2-10-27-23/h2-8,10,13-14H,9,11-12H2,1H3,(H,27,28). The average molecular weight is 458 g/mol. The lowest BCUT2D eigenvalue weighted by molar-refractivity contribution is 0.0778. The van der Waals surface area contributed by atoms with Crippen molar-refractivity contribution in [3.63, 3.8) is 0 Å². The van der Waals surface area contributed by atoms with Crippen LogP contribution in [0, 0.1) is 12.7 Å². The number of aromatic nitrogens is 4. The number of carbonyl (C=O) groups excluding carboxylic acids is 1. The highest BCUT2D eigenvalue weighted by molar-refractivity contribution is 7.20. The van der Waals surface area contributed by atoms with Gasteiger partial charge in [-0.2, -0.15) is 5.10 Å². The van der Waals surface area contributed by atoms with Gasteiger partial charge in [0.2, 0.25) is 0 Å². The highest BCUT2D eigenvalue weighted by atomic mass is 32.1. The highest BCUT2D eigenvalue weighted by Gasteiger charge is 2.24. The summed E-state index contributed by atoms with van der Waals surface area (Å²) in [5.41, 5.74) is 4.88. The molecule has 0 unspecified atom stereocenters. The van der Waals surface area contributed by atoms with Gasteiger partial charge in [-0.25, -0.2) is 14.1 Å². The van der Waals surface area contributed by atoms with E-state index in [2.05, 4.69) is 27.2 Å². The number of hydrogen-bond donors (Lipinski definition) is 1. The Hall–Kier alpha value is -3.78. The fraction of sp³-hybridized carbons (Fsp3) is 0.160. The maximum atomic E-state index is 13.3. The van der Waals surface area contributed by atoms with Crippen molar-refractivity contribution in [2.45, 2.75) is 13.3 Å². The molecule has 0 saturated heterocycles. The Morgan fingerprint density at radius 1 is 1.18 bits per heavy atom. The van der Waals surface area contributed by atoms with E-state index in [0.717, 1.165) is 44.6 Å². The minimum atomic E-state index is -0.289. The van der Waals surface area contributed by atoms with E-state index >= 15 is 0 Å². The lowest BCUT2D eigenvalue weighted by atomic mass is 9.99. The zero-order valence-corrected chi connectivity index (χ0v) is 18.7. The fourth-order valence-electron chi connectivity index (χ4n) is 4.39. The van der Waals surface area contributed by atoms with Crippen LogP contribution in [0.4, 0.5) is 4.39 Å². The third kappa shape index (κ3) is 3.34. The van der Waals surface area contributed by atoms with Crippen molar-refractivity contribution >= 4 is 44.1 Å². The molecule has 1 N–H and O–H groups in total. The molecule has 0 saturated carbocycles. The van der Waals surface area contributed by atoms with Gasteiger partial charge in [-0.05, 0) is 61.4 Å². The van der Waals surface area contributed by atoms with Crippen LogP contribution in [-0.4, -0.2) is 43.6 Å². The first-order valence-electron chi connectivity index (χ1n) is 10.7. The van der Waals surface area contributed by atoms with Gasteiger partial charge < -0.3 is 9.88 Å². The second kappa shape index (κ2) is 7.67. The van der Waals surface area contributed by atoms with Gasteiger partial charge in [-0.15, -0.1) is 11.3 Å². The smallest absolute Gasteiger partial charge is 0.264 e. The molecular formula is C25H20FN5OS. The Balaban J connectivity index is 1.27. The molecule has 164 valence electrons. The van der Waals surface area contributed by atoms with Crippen molar-refractivity contribution in [3.8, 4) is 5.69 Å². The number of carbonyl (C=O) groups is 1. The second-order valence-electron chi connectivity index (χ2n) is 8.14. The molecule has 1 aliphatic rings. The van der Waals surface area contributed by atoms with Crippen LogP contribution in [0.3, 0.4) is 0 Å². The van der Waals surface area contributed by atoms with Gasteiger partial charge in [0.05, 0.1) is 16.3 Å². The van der Waals surface area contributed by atoms with Crippen LogP contribution in [0.1, 0.15) is 27.3 Å². The van der Waals surface area contributed by atoms with Crippen molar-refractivity contribution < 1.29 is 9.18 Å². The lowest BCUT2D eigenvalue weighted by Gasteiger charge is -2.26. The number of rotatable bonds is 3. The van der Waals surface area contributed by atoms with E-state index in [0.29, 0.717) is 18.0 Å². The molecule has 0 fully saturated rings. The van der Waals surface area contributed by atoms with E-state index < -0.39 is 0 Å². The monoisotopic (exact) mass is 457 g/mol. The predicted molar refractivity (Wildman–Crippen MR) is 128 cm³/mol. The summed E-state index contributed by atoms with van der Waals surface area (Å²) in [6, 6.07) is 12.2. The molecule has 5 heterocycles. The molecule has 0 spiro atoms. The van der Waals surface area contributed by atoms with Crippen LogP contribution in [-0.2, 0) is 0 Å². The number of nitrogens with one attached hydrogen (secondary N) is 1. The van der Waals surface area contributed by atoms with Gasteiger partial charge in [0.15, 0.2) is 0 Å². The molecular weight excluding hydrogens is 437 g/mol. The van der Waals surface area contributed by atoms with E-state index in [9.17, 15) is 9.18 Å². The van der Waals surface area contributed by atoms with Gasteiger partial charge in [-0.1, -0.05) is 6.08 Å². The van der Waals surface area contributed by atoms with Crippen LogP contribution >= 0.6 is 11.3 Å². The number of H-pyrrole nitrogens is 1. The number of amides is 1. The van der Waals surface area contributed by atoms with Crippen LogP contribution in [0.15, 0.2) is 60.9 Å². The van der Waals surface area contributed by atoms with Crippen molar-refractivity contribution in [2.24, 2.45) is 0 Å². The van der Waals surface area contributed by atoms with E-state index in [1.54, 1.807) is 23.0 Å². The maximum Gasteiger partial charge on any atom is 0.264 e. The molecule has 0 aliphatic carbocycles. The topological polar surface area (TPSA) is 66.8 Å². The Labute approximate surface area is 193 Å². The van der Waals surface area contributed by atoms with Gasteiger partial charge >= 0.3 is 0 Å². The minimum Gasteiger partial charge on any atom is -0.346 e. The molecule has 1 aromatic carbocycles. The quantitative estimate of drug-likeness (QED) is 0.398. The summed E-state index contributed by atoms with van der Waals surface area (Å²) in [6.07, 6.45) is 6.70. The summed E-state index contributed by atoms with van der Waals surface area (Å²) in [5, 5.41) is 6.64. The summed E-state index contributed by atoms with van der Waals surface area (Å²) in [7, 11) is 0. The first kappa shape index (κ1) is 19.9. The van der Waals surface area contributed by atoms with Gasteiger partial charge in [0.1, 0.15) is 16.3 Å². The van der Waals surface area contributed by atoms with Crippen molar-refractivity contribution in [2.75, 3.05) is 13.1 Å². The lowest BCUT2D eigenvalue weighted by Crippen LogP contribution is -2.34. The van der Waals surface area contributed by atoms with Crippen LogP contribution < -0.4 is 0 Å². The third-order valence-corrected chi connectivity index (χ3v) is 7.22. The molecule has 33 heavy (non-hydrogen) atoms. The normalized spacial score (nSPS) is 14.2. The summed E-state index contributed by atoms with van der Waals surface area (Å²) in [5.74, 6) is -0.264.